The van der Waals surface area contributed by atoms with Crippen molar-refractivity contribution in [2.24, 2.45) is 0 Å². The third kappa shape index (κ3) is 6.43. The van der Waals surface area contributed by atoms with E-state index in [4.69, 9.17) is 0 Å². The van der Waals surface area contributed by atoms with Crippen LogP contribution in [-0.4, -0.2) is 36.3 Å². The normalized spacial score (nSPS) is 13.1. The van der Waals surface area contributed by atoms with Gasteiger partial charge in [-0.15, -0.1) is 0 Å². The summed E-state index contributed by atoms with van der Waals surface area (Å²) < 4.78 is 13.2. The van der Waals surface area contributed by atoms with E-state index in [0.29, 0.717) is 0 Å². The highest BCUT2D eigenvalue weighted by Crippen LogP contribution is 2.48. The molecule has 0 saturated carbocycles. The van der Waals surface area contributed by atoms with Crippen molar-refractivity contribution in [2.45, 2.75) is 0 Å². The van der Waals surface area contributed by atoms with Gasteiger partial charge in [-0.25, -0.2) is 0 Å². The van der Waals surface area contributed by atoms with Crippen LogP contribution in [-0.2, 0) is 0 Å². The van der Waals surface area contributed by atoms with Gasteiger partial charge in [-0.1, -0.05) is 200 Å². The SMILES string of the molecule is c1ccc(-c2ccc3c(c2)c2cc4c5cc(-c6ccccc6)ccc5n5c4c4c2n3-c2ccccc2B4c2cc3c(cc2-5)c2cc4c(cc2n3-c2ccccc2)B2c3ccccc3-n3c5ccc(-c6ccccc6)cc5c5cc6c7cc(-c8ccccc8)ccc7n-4c6c2c53)cc1. The molecule has 20 aromatic rings. The number of benzene rings is 15. The molecule has 5 nitrogen and oxygen atoms in total. The molecule has 442 valence electrons. The molecule has 0 fully saturated rings. The van der Waals surface area contributed by atoms with E-state index < -0.39 is 0 Å². The third-order valence-electron chi connectivity index (χ3n) is 22.8. The van der Waals surface area contributed by atoms with Crippen LogP contribution in [0.2, 0.25) is 0 Å². The first-order valence-electron chi connectivity index (χ1n) is 34.0. The number of rotatable bonds is 5. The molecule has 4 aliphatic rings. The highest BCUT2D eigenvalue weighted by atomic mass is 15.1. The lowest BCUT2D eigenvalue weighted by Crippen LogP contribution is -2.59. The van der Waals surface area contributed by atoms with Crippen LogP contribution in [0.4, 0.5) is 0 Å². The Morgan fingerprint density at radius 2 is 0.464 bits per heavy atom. The Morgan fingerprint density at radius 1 is 0.175 bits per heavy atom. The van der Waals surface area contributed by atoms with Gasteiger partial charge in [0.2, 0.25) is 0 Å². The van der Waals surface area contributed by atoms with Gasteiger partial charge in [-0.3, -0.25) is 0 Å². The fourth-order valence-electron chi connectivity index (χ4n) is 18.9. The predicted molar refractivity (Wildman–Crippen MR) is 409 cm³/mol. The summed E-state index contributed by atoms with van der Waals surface area (Å²) in [7, 11) is 0. The van der Waals surface area contributed by atoms with Gasteiger partial charge in [0.05, 0.1) is 55.2 Å². The first-order valence-corrected chi connectivity index (χ1v) is 34.0. The molecule has 15 aromatic carbocycles. The van der Waals surface area contributed by atoms with E-state index >= 15 is 0 Å². The zero-order chi connectivity index (χ0) is 62.6. The van der Waals surface area contributed by atoms with E-state index in [0.717, 1.165) is 5.69 Å². The summed E-state index contributed by atoms with van der Waals surface area (Å²) in [6.45, 7) is -0.140. The molecule has 0 saturated heterocycles. The Kier molecular flexibility index (Phi) is 9.56. The zero-order valence-corrected chi connectivity index (χ0v) is 52.3. The van der Waals surface area contributed by atoms with Crippen molar-refractivity contribution < 1.29 is 0 Å². The monoisotopic (exact) mass is 1220 g/mol. The molecule has 0 bridgehead atoms. The first kappa shape index (κ1) is 50.9. The molecule has 0 radical (unpaired) electrons. The quantitative estimate of drug-likeness (QED) is 0.153. The third-order valence-corrected chi connectivity index (χ3v) is 22.8. The van der Waals surface area contributed by atoms with Crippen molar-refractivity contribution >= 4 is 155 Å². The number of hydrogen-bond acceptors (Lipinski definition) is 0. The Balaban J connectivity index is 0.840. The Labute approximate surface area is 556 Å². The average molecular weight is 1220 g/mol. The van der Waals surface area contributed by atoms with Gasteiger partial charge in [0.25, 0.3) is 13.4 Å². The molecule has 7 heteroatoms. The van der Waals surface area contributed by atoms with Crippen molar-refractivity contribution in [3.63, 3.8) is 0 Å². The minimum Gasteiger partial charge on any atom is -0.310 e. The van der Waals surface area contributed by atoms with E-state index in [1.807, 2.05) is 0 Å². The van der Waals surface area contributed by atoms with Gasteiger partial charge < -0.3 is 22.8 Å². The van der Waals surface area contributed by atoms with Gasteiger partial charge in [0, 0.05) is 82.3 Å². The van der Waals surface area contributed by atoms with Crippen LogP contribution in [0, 0.1) is 0 Å². The maximum Gasteiger partial charge on any atom is 0.252 e. The van der Waals surface area contributed by atoms with Crippen LogP contribution < -0.4 is 32.8 Å². The van der Waals surface area contributed by atoms with Crippen molar-refractivity contribution in [1.82, 2.24) is 22.8 Å². The van der Waals surface area contributed by atoms with E-state index in [-0.39, 0.29) is 13.4 Å². The van der Waals surface area contributed by atoms with Crippen LogP contribution >= 0.6 is 0 Å². The summed E-state index contributed by atoms with van der Waals surface area (Å²) in [5, 5.41) is 12.7. The second-order valence-corrected chi connectivity index (χ2v) is 27.4. The summed E-state index contributed by atoms with van der Waals surface area (Å²) in [5.41, 5.74) is 36.3. The smallest absolute Gasteiger partial charge is 0.252 e. The Morgan fingerprint density at radius 3 is 0.804 bits per heavy atom. The van der Waals surface area contributed by atoms with Crippen molar-refractivity contribution in [1.29, 1.82) is 0 Å². The van der Waals surface area contributed by atoms with Crippen molar-refractivity contribution in [3.05, 3.63) is 309 Å². The van der Waals surface area contributed by atoms with Crippen LogP contribution in [0.15, 0.2) is 309 Å². The Hall–Kier alpha value is -12.6. The summed E-state index contributed by atoms with van der Waals surface area (Å²) in [6.07, 6.45) is 0. The molecule has 0 atom stereocenters. The summed E-state index contributed by atoms with van der Waals surface area (Å²) in [4.78, 5) is 0. The number of para-hydroxylation sites is 3. The highest BCUT2D eigenvalue weighted by Gasteiger charge is 2.44. The van der Waals surface area contributed by atoms with E-state index in [1.54, 1.807) is 0 Å². The first-order chi connectivity index (χ1) is 48.1. The molecule has 24 rings (SSSR count). The second-order valence-electron chi connectivity index (χ2n) is 27.4. The molecule has 0 unspecified atom stereocenters. The topological polar surface area (TPSA) is 24.6 Å². The number of fused-ring (bicyclic) bond motifs is 27. The van der Waals surface area contributed by atoms with Crippen molar-refractivity contribution in [2.75, 3.05) is 0 Å². The maximum atomic E-state index is 2.67. The summed E-state index contributed by atoms with van der Waals surface area (Å²) in [6, 6.07) is 118. The second kappa shape index (κ2) is 18.2. The largest absolute Gasteiger partial charge is 0.310 e. The predicted octanol–water partition coefficient (Wildman–Crippen LogP) is 18.1. The molecule has 97 heavy (non-hydrogen) atoms. The van der Waals surface area contributed by atoms with Gasteiger partial charge >= 0.3 is 0 Å². The summed E-state index contributed by atoms with van der Waals surface area (Å²) in [5.74, 6) is 0. The number of nitrogens with zero attached hydrogens (tertiary/aromatic N) is 5. The zero-order valence-electron chi connectivity index (χ0n) is 52.3. The molecule has 0 aliphatic carbocycles. The molecular weight excluding hydrogens is 1170 g/mol. The number of hydrogen-bond donors (Lipinski definition) is 0. The lowest BCUT2D eigenvalue weighted by atomic mass is 9.34. The molecule has 0 amide bonds. The fourth-order valence-corrected chi connectivity index (χ4v) is 18.9. The lowest BCUT2D eigenvalue weighted by Gasteiger charge is -2.33. The van der Waals surface area contributed by atoms with Gasteiger partial charge in [-0.2, -0.15) is 0 Å². The van der Waals surface area contributed by atoms with E-state index in [2.05, 4.69) is 332 Å². The van der Waals surface area contributed by atoms with Crippen LogP contribution in [0.1, 0.15) is 0 Å². The van der Waals surface area contributed by atoms with Crippen molar-refractivity contribution in [3.8, 4) is 72.9 Å². The van der Waals surface area contributed by atoms with Crippen LogP contribution in [0.5, 0.6) is 0 Å². The molecule has 4 aliphatic heterocycles. The van der Waals surface area contributed by atoms with Gasteiger partial charge in [-0.05, 0) is 186 Å². The average Bonchev–Trinajstić information content (AvgIpc) is 1.53. The number of aromatic nitrogens is 5. The van der Waals surface area contributed by atoms with E-state index in [9.17, 15) is 0 Å². The Bertz CT molecular complexity index is 6570. The molecule has 0 N–H and O–H groups in total. The molecule has 5 aromatic heterocycles. The maximum absolute atomic E-state index is 2.67. The minimum atomic E-state index is -0.0699. The van der Waals surface area contributed by atoms with Crippen LogP contribution in [0.3, 0.4) is 0 Å². The summed E-state index contributed by atoms with van der Waals surface area (Å²) >= 11 is 0. The molecule has 0 spiro atoms. The minimum absolute atomic E-state index is 0.0699. The van der Waals surface area contributed by atoms with Gasteiger partial charge in [0.15, 0.2) is 0 Å². The van der Waals surface area contributed by atoms with E-state index in [1.165, 1.54) is 209 Å². The standard InChI is InChI=1S/C90H51B2N5/c1-6-20-52(21-7-1)56-34-38-75-61(42-56)67-46-69-63-44-58(54-24-10-3-11-25-54)36-40-77(63)96-83-48-65-66-49-84-74(51-82(66)93(60-28-14-5-15-29-60)81(65)50-73(83)91-71-30-16-18-32-79(71)94(75)87(67)85(91)89(69)96)92-72-31-17-19-33-80(72)95-76-39-35-57(53-22-8-2-9-23-53)43-62(76)68-47-70-64-45-59(55-26-12-4-13-27-55)37-41-78(64)97(84)90(70)86(92)88(68)95/h1-51H. The highest BCUT2D eigenvalue weighted by molar-refractivity contribution is 7.01. The van der Waals surface area contributed by atoms with Crippen LogP contribution in [0.25, 0.3) is 182 Å². The molecular formula is C90H51B2N5. The fraction of sp³-hybridized carbons (Fsp3) is 0. The molecule has 9 heterocycles. The van der Waals surface area contributed by atoms with Gasteiger partial charge in [0.1, 0.15) is 0 Å². The lowest BCUT2D eigenvalue weighted by molar-refractivity contribution is 1.16.